The fourth-order valence-corrected chi connectivity index (χ4v) is 2.24. The van der Waals surface area contributed by atoms with E-state index in [4.69, 9.17) is 11.6 Å². The molecule has 2 aromatic rings. The van der Waals surface area contributed by atoms with Gasteiger partial charge in [-0.05, 0) is 43.5 Å². The Balaban J connectivity index is 1.89. The first-order valence-corrected chi connectivity index (χ1v) is 6.78. The summed E-state index contributed by atoms with van der Waals surface area (Å²) < 4.78 is 13.2. The summed E-state index contributed by atoms with van der Waals surface area (Å²) in [7, 11) is 0. The molecule has 0 radical (unpaired) electrons. The first-order chi connectivity index (χ1) is 9.13. The normalized spacial score (nSPS) is 12.2. The van der Waals surface area contributed by atoms with E-state index in [0.717, 1.165) is 18.5 Å². The molecule has 2 rings (SSSR count). The lowest BCUT2D eigenvalue weighted by atomic mass is 10.1. The molecular formula is C16H17ClFN. The molecule has 0 amide bonds. The summed E-state index contributed by atoms with van der Waals surface area (Å²) in [5.41, 5.74) is 2.04. The minimum absolute atomic E-state index is 0.262. The molecule has 0 heterocycles. The fraction of sp³-hybridized carbons (Fsp3) is 0.250. The molecule has 0 aliphatic rings. The number of benzene rings is 2. The van der Waals surface area contributed by atoms with Crippen molar-refractivity contribution in [3.8, 4) is 0 Å². The molecule has 1 nitrogen and oxygen atoms in total. The van der Waals surface area contributed by atoms with Gasteiger partial charge in [0.2, 0.25) is 0 Å². The smallest absolute Gasteiger partial charge is 0.126 e. The lowest BCUT2D eigenvalue weighted by molar-refractivity contribution is 0.627. The zero-order chi connectivity index (χ0) is 13.7. The van der Waals surface area contributed by atoms with Crippen LogP contribution in [0, 0.1) is 5.82 Å². The van der Waals surface area contributed by atoms with Crippen LogP contribution < -0.4 is 5.32 Å². The average Bonchev–Trinajstić information content (AvgIpc) is 2.36. The highest BCUT2D eigenvalue weighted by molar-refractivity contribution is 6.30. The van der Waals surface area contributed by atoms with E-state index in [1.807, 2.05) is 18.2 Å². The van der Waals surface area contributed by atoms with Crippen LogP contribution in [-0.2, 0) is 6.42 Å². The molecule has 100 valence electrons. The lowest BCUT2D eigenvalue weighted by Crippen LogP contribution is -2.16. The van der Waals surface area contributed by atoms with Gasteiger partial charge in [-0.25, -0.2) is 4.39 Å². The standard InChI is InChI=1S/C16H17ClFN/c1-12(7-8-13-5-3-2-4-6-13)19-16-10-14(17)9-15(18)11-16/h2-6,9-12,19H,7-8H2,1H3. The first kappa shape index (κ1) is 13.9. The summed E-state index contributed by atoms with van der Waals surface area (Å²) in [5.74, 6) is -0.315. The summed E-state index contributed by atoms with van der Waals surface area (Å²) >= 11 is 5.83. The second-order valence-corrected chi connectivity index (χ2v) is 5.16. The van der Waals surface area contributed by atoms with Gasteiger partial charge in [-0.1, -0.05) is 41.9 Å². The molecule has 19 heavy (non-hydrogen) atoms. The largest absolute Gasteiger partial charge is 0.382 e. The third-order valence-corrected chi connectivity index (χ3v) is 3.20. The number of hydrogen-bond acceptors (Lipinski definition) is 1. The maximum Gasteiger partial charge on any atom is 0.126 e. The Morgan fingerprint density at radius 3 is 2.58 bits per heavy atom. The van der Waals surface area contributed by atoms with Crippen molar-refractivity contribution < 1.29 is 4.39 Å². The van der Waals surface area contributed by atoms with E-state index in [-0.39, 0.29) is 11.9 Å². The zero-order valence-electron chi connectivity index (χ0n) is 10.9. The Hall–Kier alpha value is -1.54. The molecule has 0 bridgehead atoms. The van der Waals surface area contributed by atoms with E-state index in [2.05, 4.69) is 24.4 Å². The molecule has 0 aromatic heterocycles. The monoisotopic (exact) mass is 277 g/mol. The molecule has 3 heteroatoms. The molecule has 0 fully saturated rings. The first-order valence-electron chi connectivity index (χ1n) is 6.40. The number of anilines is 1. The van der Waals surface area contributed by atoms with Crippen LogP contribution in [-0.4, -0.2) is 6.04 Å². The molecule has 0 saturated heterocycles. The van der Waals surface area contributed by atoms with Crippen molar-refractivity contribution in [2.24, 2.45) is 0 Å². The van der Waals surface area contributed by atoms with Crippen LogP contribution in [0.2, 0.25) is 5.02 Å². The van der Waals surface area contributed by atoms with E-state index in [1.165, 1.54) is 17.7 Å². The van der Waals surface area contributed by atoms with Crippen LogP contribution >= 0.6 is 11.6 Å². The van der Waals surface area contributed by atoms with Crippen molar-refractivity contribution in [2.45, 2.75) is 25.8 Å². The van der Waals surface area contributed by atoms with Crippen LogP contribution in [0.5, 0.6) is 0 Å². The molecule has 2 aromatic carbocycles. The van der Waals surface area contributed by atoms with Gasteiger partial charge in [0, 0.05) is 16.8 Å². The van der Waals surface area contributed by atoms with Crippen LogP contribution in [0.1, 0.15) is 18.9 Å². The van der Waals surface area contributed by atoms with Gasteiger partial charge in [0.05, 0.1) is 0 Å². The molecule has 0 aliphatic carbocycles. The quantitative estimate of drug-likeness (QED) is 0.818. The number of halogens is 2. The predicted octanol–water partition coefficient (Wildman–Crippen LogP) is 4.91. The third kappa shape index (κ3) is 4.56. The Bertz CT molecular complexity index is 507. The minimum atomic E-state index is -0.315. The number of hydrogen-bond donors (Lipinski definition) is 1. The van der Waals surface area contributed by atoms with Crippen molar-refractivity contribution in [3.63, 3.8) is 0 Å². The van der Waals surface area contributed by atoms with Crippen molar-refractivity contribution in [3.05, 3.63) is 64.9 Å². The summed E-state index contributed by atoms with van der Waals surface area (Å²) in [6.45, 7) is 2.09. The second-order valence-electron chi connectivity index (χ2n) is 4.73. The lowest BCUT2D eigenvalue weighted by Gasteiger charge is -2.15. The minimum Gasteiger partial charge on any atom is -0.382 e. The molecule has 0 aliphatic heterocycles. The van der Waals surface area contributed by atoms with Crippen molar-refractivity contribution in [1.29, 1.82) is 0 Å². The third-order valence-electron chi connectivity index (χ3n) is 2.98. The maximum atomic E-state index is 13.2. The average molecular weight is 278 g/mol. The number of aryl methyl sites for hydroxylation is 1. The van der Waals surface area contributed by atoms with Gasteiger partial charge < -0.3 is 5.32 Å². The van der Waals surface area contributed by atoms with E-state index in [9.17, 15) is 4.39 Å². The topological polar surface area (TPSA) is 12.0 Å². The molecule has 1 N–H and O–H groups in total. The zero-order valence-corrected chi connectivity index (χ0v) is 11.6. The highest BCUT2D eigenvalue weighted by atomic mass is 35.5. The number of rotatable bonds is 5. The van der Waals surface area contributed by atoms with Gasteiger partial charge in [-0.3, -0.25) is 0 Å². The molecule has 1 atom stereocenters. The molecule has 1 unspecified atom stereocenters. The van der Waals surface area contributed by atoms with Crippen molar-refractivity contribution in [2.75, 3.05) is 5.32 Å². The Labute approximate surface area is 118 Å². The van der Waals surface area contributed by atoms with Gasteiger partial charge in [0.15, 0.2) is 0 Å². The summed E-state index contributed by atoms with van der Waals surface area (Å²) in [6.07, 6.45) is 1.98. The maximum absolute atomic E-state index is 13.2. The van der Waals surface area contributed by atoms with Crippen LogP contribution in [0.4, 0.5) is 10.1 Å². The van der Waals surface area contributed by atoms with Crippen LogP contribution in [0.3, 0.4) is 0 Å². The van der Waals surface area contributed by atoms with Crippen molar-refractivity contribution >= 4 is 17.3 Å². The Kier molecular flexibility index (Phi) is 4.80. The van der Waals surface area contributed by atoms with Gasteiger partial charge in [-0.15, -0.1) is 0 Å². The molecule has 0 saturated carbocycles. The Morgan fingerprint density at radius 1 is 1.16 bits per heavy atom. The highest BCUT2D eigenvalue weighted by Gasteiger charge is 2.05. The van der Waals surface area contributed by atoms with E-state index in [0.29, 0.717) is 5.02 Å². The van der Waals surface area contributed by atoms with Gasteiger partial charge in [0.25, 0.3) is 0 Å². The molecule has 0 spiro atoms. The van der Waals surface area contributed by atoms with Gasteiger partial charge in [0.1, 0.15) is 5.82 Å². The highest BCUT2D eigenvalue weighted by Crippen LogP contribution is 2.19. The van der Waals surface area contributed by atoms with Crippen LogP contribution in [0.15, 0.2) is 48.5 Å². The Morgan fingerprint density at radius 2 is 1.89 bits per heavy atom. The fourth-order valence-electron chi connectivity index (χ4n) is 2.02. The summed E-state index contributed by atoms with van der Waals surface area (Å²) in [6, 6.07) is 15.1. The van der Waals surface area contributed by atoms with E-state index >= 15 is 0 Å². The predicted molar refractivity (Wildman–Crippen MR) is 79.3 cm³/mol. The molecular weight excluding hydrogens is 261 g/mol. The van der Waals surface area contributed by atoms with Gasteiger partial charge in [-0.2, -0.15) is 0 Å². The summed E-state index contributed by atoms with van der Waals surface area (Å²) in [5, 5.41) is 3.68. The van der Waals surface area contributed by atoms with Crippen molar-refractivity contribution in [1.82, 2.24) is 0 Å². The van der Waals surface area contributed by atoms with E-state index in [1.54, 1.807) is 6.07 Å². The summed E-state index contributed by atoms with van der Waals surface area (Å²) in [4.78, 5) is 0. The van der Waals surface area contributed by atoms with Crippen LogP contribution in [0.25, 0.3) is 0 Å². The van der Waals surface area contributed by atoms with E-state index < -0.39 is 0 Å². The van der Waals surface area contributed by atoms with Gasteiger partial charge >= 0.3 is 0 Å². The number of nitrogens with one attached hydrogen (secondary N) is 1. The SMILES string of the molecule is CC(CCc1ccccc1)Nc1cc(F)cc(Cl)c1. The second kappa shape index (κ2) is 6.58.